The molecule has 3 rings (SSSR count). The summed E-state index contributed by atoms with van der Waals surface area (Å²) in [6.45, 7) is 5.18. The van der Waals surface area contributed by atoms with Crippen LogP contribution in [0.2, 0.25) is 10.0 Å². The van der Waals surface area contributed by atoms with E-state index in [1.54, 1.807) is 12.4 Å². The highest BCUT2D eigenvalue weighted by Gasteiger charge is 2.18. The third-order valence-electron chi connectivity index (χ3n) is 4.42. The van der Waals surface area contributed by atoms with Crippen LogP contribution in [0.1, 0.15) is 25.3 Å². The Kier molecular flexibility index (Phi) is 5.22. The molecule has 0 radical (unpaired) electrons. The Bertz CT molecular complexity index is 846. The Morgan fingerprint density at radius 1 is 1.04 bits per heavy atom. The van der Waals surface area contributed by atoms with Crippen molar-refractivity contribution >= 4 is 39.9 Å². The lowest BCUT2D eigenvalue weighted by molar-refractivity contribution is 0.512. The summed E-state index contributed by atoms with van der Waals surface area (Å²) in [5, 5.41) is 4.97. The van der Waals surface area contributed by atoms with Crippen LogP contribution in [0.15, 0.2) is 48.8 Å². The highest BCUT2D eigenvalue weighted by molar-refractivity contribution is 6.33. The number of fused-ring (bicyclic) bond motifs is 1. The molecule has 1 N–H and O–H groups in total. The molecule has 0 saturated carbocycles. The van der Waals surface area contributed by atoms with Gasteiger partial charge in [0.05, 0.1) is 11.2 Å². The Morgan fingerprint density at radius 2 is 1.83 bits per heavy atom. The molecule has 0 aliphatic heterocycles. The second-order valence-electron chi connectivity index (χ2n) is 6.04. The fourth-order valence-corrected chi connectivity index (χ4v) is 3.22. The third-order valence-corrected chi connectivity index (χ3v) is 4.99. The van der Waals surface area contributed by atoms with Gasteiger partial charge in [-0.05, 0) is 47.7 Å². The van der Waals surface area contributed by atoms with Gasteiger partial charge in [0.1, 0.15) is 5.52 Å². The van der Waals surface area contributed by atoms with E-state index in [-0.39, 0.29) is 5.92 Å². The van der Waals surface area contributed by atoms with Gasteiger partial charge in [0.25, 0.3) is 0 Å². The van der Waals surface area contributed by atoms with Crippen molar-refractivity contribution in [3.05, 3.63) is 64.4 Å². The van der Waals surface area contributed by atoms with E-state index >= 15 is 0 Å². The zero-order valence-electron chi connectivity index (χ0n) is 13.6. The highest BCUT2D eigenvalue weighted by Crippen LogP contribution is 2.32. The monoisotopic (exact) mass is 359 g/mol. The molecule has 2 aromatic carbocycles. The SMILES string of the molecule is CC(CNc1cccc2nccnc12)C(C)c1cc(Cl)ccc1Cl. The van der Waals surface area contributed by atoms with E-state index in [1.165, 1.54) is 0 Å². The molecule has 0 fully saturated rings. The van der Waals surface area contributed by atoms with Crippen LogP contribution in [0.5, 0.6) is 0 Å². The van der Waals surface area contributed by atoms with Gasteiger partial charge in [-0.1, -0.05) is 43.1 Å². The molecule has 124 valence electrons. The molecule has 0 aliphatic carbocycles. The van der Waals surface area contributed by atoms with Gasteiger partial charge in [-0.25, -0.2) is 0 Å². The maximum absolute atomic E-state index is 6.33. The molecule has 0 aliphatic rings. The van der Waals surface area contributed by atoms with Crippen LogP contribution >= 0.6 is 23.2 Å². The number of rotatable bonds is 5. The largest absolute Gasteiger partial charge is 0.383 e. The van der Waals surface area contributed by atoms with E-state index in [9.17, 15) is 0 Å². The lowest BCUT2D eigenvalue weighted by atomic mass is 9.89. The van der Waals surface area contributed by atoms with E-state index in [0.717, 1.165) is 33.9 Å². The molecular formula is C19H19Cl2N3. The first-order valence-electron chi connectivity index (χ1n) is 7.95. The molecule has 24 heavy (non-hydrogen) atoms. The number of aromatic nitrogens is 2. The first-order chi connectivity index (χ1) is 11.6. The summed E-state index contributed by atoms with van der Waals surface area (Å²) in [5.41, 5.74) is 3.86. The van der Waals surface area contributed by atoms with E-state index in [1.807, 2.05) is 36.4 Å². The van der Waals surface area contributed by atoms with Gasteiger partial charge in [0, 0.05) is 29.0 Å². The number of anilines is 1. The number of nitrogens with zero attached hydrogens (tertiary/aromatic N) is 2. The second-order valence-corrected chi connectivity index (χ2v) is 6.89. The molecule has 1 aromatic heterocycles. The molecule has 0 amide bonds. The summed E-state index contributed by atoms with van der Waals surface area (Å²) in [5.74, 6) is 0.651. The van der Waals surface area contributed by atoms with E-state index < -0.39 is 0 Å². The van der Waals surface area contributed by atoms with Crippen molar-refractivity contribution in [3.63, 3.8) is 0 Å². The quantitative estimate of drug-likeness (QED) is 0.626. The molecule has 5 heteroatoms. The Hall–Kier alpha value is -1.84. The normalized spacial score (nSPS) is 13.7. The molecule has 2 atom stereocenters. The van der Waals surface area contributed by atoms with E-state index in [2.05, 4.69) is 29.1 Å². The van der Waals surface area contributed by atoms with E-state index in [0.29, 0.717) is 10.9 Å². The minimum absolute atomic E-state index is 0.282. The molecule has 3 nitrogen and oxygen atoms in total. The Balaban J connectivity index is 1.75. The first-order valence-corrected chi connectivity index (χ1v) is 8.70. The van der Waals surface area contributed by atoms with Crippen LogP contribution in [0.3, 0.4) is 0 Å². The lowest BCUT2D eigenvalue weighted by Crippen LogP contribution is -2.17. The van der Waals surface area contributed by atoms with Crippen LogP contribution in [0.4, 0.5) is 5.69 Å². The van der Waals surface area contributed by atoms with Crippen molar-refractivity contribution in [2.45, 2.75) is 19.8 Å². The summed E-state index contributed by atoms with van der Waals surface area (Å²) in [7, 11) is 0. The number of halogens is 2. The second kappa shape index (κ2) is 7.37. The van der Waals surface area contributed by atoms with Crippen LogP contribution in [0.25, 0.3) is 11.0 Å². The summed E-state index contributed by atoms with van der Waals surface area (Å²) in [4.78, 5) is 8.76. The van der Waals surface area contributed by atoms with Gasteiger partial charge in [-0.3, -0.25) is 9.97 Å². The smallest absolute Gasteiger partial charge is 0.112 e. The molecule has 0 spiro atoms. The lowest BCUT2D eigenvalue weighted by Gasteiger charge is -2.22. The standard InChI is InChI=1S/C19H19Cl2N3/c1-12(13(2)15-10-14(20)6-7-16(15)21)11-24-18-5-3-4-17-19(18)23-9-8-22-17/h3-10,12-13,24H,11H2,1-2H3. The predicted octanol–water partition coefficient (Wildman–Crippen LogP) is 5.79. The van der Waals surface area contributed by atoms with Crippen LogP contribution < -0.4 is 5.32 Å². The number of benzene rings is 2. The van der Waals surface area contributed by atoms with Gasteiger partial charge in [0.15, 0.2) is 0 Å². The predicted molar refractivity (Wildman–Crippen MR) is 102 cm³/mol. The molecule has 3 aromatic rings. The average Bonchev–Trinajstić information content (AvgIpc) is 2.61. The summed E-state index contributed by atoms with van der Waals surface area (Å²) < 4.78 is 0. The summed E-state index contributed by atoms with van der Waals surface area (Å²) >= 11 is 12.4. The Morgan fingerprint density at radius 3 is 2.67 bits per heavy atom. The first kappa shape index (κ1) is 17.0. The van der Waals surface area contributed by atoms with Crippen molar-refractivity contribution < 1.29 is 0 Å². The van der Waals surface area contributed by atoms with Gasteiger partial charge in [-0.2, -0.15) is 0 Å². The number of hydrogen-bond acceptors (Lipinski definition) is 3. The minimum Gasteiger partial charge on any atom is -0.383 e. The fraction of sp³-hybridized carbons (Fsp3) is 0.263. The Labute approximate surface area is 152 Å². The van der Waals surface area contributed by atoms with Crippen LogP contribution in [0, 0.1) is 5.92 Å². The maximum Gasteiger partial charge on any atom is 0.112 e. The van der Waals surface area contributed by atoms with Crippen LogP contribution in [-0.4, -0.2) is 16.5 Å². The topological polar surface area (TPSA) is 37.8 Å². The van der Waals surface area contributed by atoms with Gasteiger partial charge in [-0.15, -0.1) is 0 Å². The zero-order chi connectivity index (χ0) is 17.1. The highest BCUT2D eigenvalue weighted by atomic mass is 35.5. The van der Waals surface area contributed by atoms with Crippen molar-refractivity contribution in [2.24, 2.45) is 5.92 Å². The van der Waals surface area contributed by atoms with Crippen molar-refractivity contribution in [1.29, 1.82) is 0 Å². The van der Waals surface area contributed by atoms with Gasteiger partial charge in [0.2, 0.25) is 0 Å². The molecule has 1 heterocycles. The molecule has 0 bridgehead atoms. The average molecular weight is 360 g/mol. The minimum atomic E-state index is 0.282. The zero-order valence-corrected chi connectivity index (χ0v) is 15.1. The van der Waals surface area contributed by atoms with Gasteiger partial charge < -0.3 is 5.32 Å². The van der Waals surface area contributed by atoms with Crippen molar-refractivity contribution in [1.82, 2.24) is 9.97 Å². The third kappa shape index (κ3) is 3.63. The number of para-hydroxylation sites is 1. The van der Waals surface area contributed by atoms with Crippen molar-refractivity contribution in [3.8, 4) is 0 Å². The van der Waals surface area contributed by atoms with Crippen LogP contribution in [-0.2, 0) is 0 Å². The molecular weight excluding hydrogens is 341 g/mol. The van der Waals surface area contributed by atoms with Gasteiger partial charge >= 0.3 is 0 Å². The summed E-state index contributed by atoms with van der Waals surface area (Å²) in [6.07, 6.45) is 3.42. The molecule has 2 unspecified atom stereocenters. The maximum atomic E-state index is 6.33. The molecule has 0 saturated heterocycles. The number of nitrogens with one attached hydrogen (secondary N) is 1. The van der Waals surface area contributed by atoms with E-state index in [4.69, 9.17) is 23.2 Å². The van der Waals surface area contributed by atoms with Crippen molar-refractivity contribution in [2.75, 3.05) is 11.9 Å². The summed E-state index contributed by atoms with van der Waals surface area (Å²) in [6, 6.07) is 11.6. The number of hydrogen-bond donors (Lipinski definition) is 1. The fourth-order valence-electron chi connectivity index (χ4n) is 2.75.